The fourth-order valence-electron chi connectivity index (χ4n) is 3.81. The number of phenolic OH excluding ortho intramolecular Hbond substituents is 1. The molecule has 0 aromatic heterocycles. The molecule has 0 atom stereocenters. The Morgan fingerprint density at radius 1 is 1.20 bits per heavy atom. The summed E-state index contributed by atoms with van der Waals surface area (Å²) in [7, 11) is 1.48. The van der Waals surface area contributed by atoms with Gasteiger partial charge in [-0.1, -0.05) is 37.5 Å². The number of para-hydroxylation sites is 1. The van der Waals surface area contributed by atoms with Crippen molar-refractivity contribution < 1.29 is 19.0 Å². The number of carbonyl (C=O) groups excluding carboxylic acids is 1. The van der Waals surface area contributed by atoms with Crippen molar-refractivity contribution >= 4 is 34.6 Å². The molecule has 156 valence electrons. The van der Waals surface area contributed by atoms with Gasteiger partial charge in [0, 0.05) is 6.04 Å². The number of thioether (sulfide) groups is 1. The van der Waals surface area contributed by atoms with Gasteiger partial charge in [-0.25, -0.2) is 9.38 Å². The zero-order chi connectivity index (χ0) is 21.1. The van der Waals surface area contributed by atoms with E-state index in [0.29, 0.717) is 15.8 Å². The third-order valence-corrected chi connectivity index (χ3v) is 6.33. The second kappa shape index (κ2) is 8.92. The first-order chi connectivity index (χ1) is 14.6. The van der Waals surface area contributed by atoms with Crippen LogP contribution in [-0.2, 0) is 4.79 Å². The molecule has 1 N–H and O–H groups in total. The molecule has 0 bridgehead atoms. The maximum atomic E-state index is 14.2. The van der Waals surface area contributed by atoms with Crippen molar-refractivity contribution in [3.8, 4) is 11.5 Å². The maximum Gasteiger partial charge on any atom is 0.267 e. The molecule has 5 nitrogen and oxygen atoms in total. The van der Waals surface area contributed by atoms with Gasteiger partial charge in [0.15, 0.2) is 16.7 Å². The molecular formula is C23H23FN2O3S. The highest BCUT2D eigenvalue weighted by atomic mass is 32.2. The quantitative estimate of drug-likeness (QED) is 0.658. The topological polar surface area (TPSA) is 62.1 Å². The lowest BCUT2D eigenvalue weighted by atomic mass is 9.94. The van der Waals surface area contributed by atoms with E-state index in [1.807, 2.05) is 0 Å². The summed E-state index contributed by atoms with van der Waals surface area (Å²) in [5.74, 6) is -0.156. The molecule has 0 unspecified atom stereocenters. The molecule has 2 aromatic carbocycles. The number of aliphatic imine (C=N–C) groups is 1. The largest absolute Gasteiger partial charge is 0.504 e. The molecule has 1 saturated carbocycles. The first kappa shape index (κ1) is 20.5. The Labute approximate surface area is 179 Å². The molecule has 1 amide bonds. The summed E-state index contributed by atoms with van der Waals surface area (Å²) in [6.45, 7) is 0. The second-order valence-corrected chi connectivity index (χ2v) is 8.36. The standard InChI is InChI=1S/C23H23FN2O3S/c1-29-20-13-15(11-12-19(20)27)14-21-22(28)26(16-7-3-2-4-8-16)23(30-21)25-18-10-6-5-9-17(18)24/h5-6,9-14,16,27H,2-4,7-8H2,1H3/b21-14-,25-23?. The van der Waals surface area contributed by atoms with E-state index in [9.17, 15) is 14.3 Å². The molecule has 2 aromatic rings. The van der Waals surface area contributed by atoms with Crippen LogP contribution < -0.4 is 4.74 Å². The Hall–Kier alpha value is -2.80. The number of aromatic hydroxyl groups is 1. The van der Waals surface area contributed by atoms with Crippen LogP contribution in [0.4, 0.5) is 10.1 Å². The summed E-state index contributed by atoms with van der Waals surface area (Å²) >= 11 is 1.25. The molecule has 1 saturated heterocycles. The molecule has 1 aliphatic heterocycles. The average Bonchev–Trinajstić information content (AvgIpc) is 3.06. The Morgan fingerprint density at radius 3 is 2.70 bits per heavy atom. The lowest BCUT2D eigenvalue weighted by molar-refractivity contribution is -0.124. The Kier molecular flexibility index (Phi) is 6.08. The van der Waals surface area contributed by atoms with E-state index >= 15 is 0 Å². The van der Waals surface area contributed by atoms with Gasteiger partial charge in [0.25, 0.3) is 5.91 Å². The Morgan fingerprint density at radius 2 is 1.97 bits per heavy atom. The first-order valence-corrected chi connectivity index (χ1v) is 10.8. The molecule has 7 heteroatoms. The van der Waals surface area contributed by atoms with Gasteiger partial charge in [-0.2, -0.15) is 0 Å². The second-order valence-electron chi connectivity index (χ2n) is 7.35. The predicted molar refractivity (Wildman–Crippen MR) is 117 cm³/mol. The van der Waals surface area contributed by atoms with Crippen molar-refractivity contribution in [2.45, 2.75) is 38.1 Å². The number of hydrogen-bond donors (Lipinski definition) is 1. The molecule has 30 heavy (non-hydrogen) atoms. The molecule has 0 spiro atoms. The third-order valence-electron chi connectivity index (χ3n) is 5.35. The number of benzene rings is 2. The van der Waals surface area contributed by atoms with Crippen LogP contribution in [0.5, 0.6) is 11.5 Å². The van der Waals surface area contributed by atoms with Crippen LogP contribution in [-0.4, -0.2) is 34.2 Å². The van der Waals surface area contributed by atoms with Crippen LogP contribution in [0.1, 0.15) is 37.7 Å². The summed E-state index contributed by atoms with van der Waals surface area (Å²) in [5.41, 5.74) is 0.956. The molecular weight excluding hydrogens is 403 g/mol. The fraction of sp³-hybridized carbons (Fsp3) is 0.304. The van der Waals surface area contributed by atoms with Crippen LogP contribution >= 0.6 is 11.8 Å². The number of methoxy groups -OCH3 is 1. The van der Waals surface area contributed by atoms with Crippen molar-refractivity contribution in [3.63, 3.8) is 0 Å². The lowest BCUT2D eigenvalue weighted by Crippen LogP contribution is -2.40. The van der Waals surface area contributed by atoms with Crippen molar-refractivity contribution in [2.24, 2.45) is 4.99 Å². The number of ether oxygens (including phenoxy) is 1. The van der Waals surface area contributed by atoms with Gasteiger partial charge in [-0.3, -0.25) is 9.69 Å². The van der Waals surface area contributed by atoms with E-state index in [2.05, 4.69) is 4.99 Å². The van der Waals surface area contributed by atoms with E-state index in [1.165, 1.54) is 37.4 Å². The first-order valence-electron chi connectivity index (χ1n) is 10.00. The minimum Gasteiger partial charge on any atom is -0.504 e. The summed E-state index contributed by atoms with van der Waals surface area (Å²) in [6, 6.07) is 11.3. The van der Waals surface area contributed by atoms with E-state index in [1.54, 1.807) is 41.3 Å². The van der Waals surface area contributed by atoms with Crippen LogP contribution in [0.15, 0.2) is 52.4 Å². The number of amides is 1. The van der Waals surface area contributed by atoms with E-state index < -0.39 is 5.82 Å². The minimum atomic E-state index is -0.414. The lowest BCUT2D eigenvalue weighted by Gasteiger charge is -2.30. The molecule has 2 fully saturated rings. The summed E-state index contributed by atoms with van der Waals surface area (Å²) in [6.07, 6.45) is 6.91. The molecule has 0 radical (unpaired) electrons. The smallest absolute Gasteiger partial charge is 0.267 e. The molecule has 2 aliphatic rings. The van der Waals surface area contributed by atoms with Crippen LogP contribution in [0, 0.1) is 5.82 Å². The molecule has 4 rings (SSSR count). The highest BCUT2D eigenvalue weighted by molar-refractivity contribution is 8.18. The zero-order valence-electron chi connectivity index (χ0n) is 16.7. The van der Waals surface area contributed by atoms with Crippen LogP contribution in [0.25, 0.3) is 6.08 Å². The summed E-state index contributed by atoms with van der Waals surface area (Å²) < 4.78 is 19.4. The molecule has 1 heterocycles. The summed E-state index contributed by atoms with van der Waals surface area (Å²) in [4.78, 5) is 20.1. The zero-order valence-corrected chi connectivity index (χ0v) is 17.5. The average molecular weight is 427 g/mol. The highest BCUT2D eigenvalue weighted by Gasteiger charge is 2.38. The van der Waals surface area contributed by atoms with Gasteiger partial charge in [-0.15, -0.1) is 0 Å². The van der Waals surface area contributed by atoms with Gasteiger partial charge in [-0.05, 0) is 60.5 Å². The summed E-state index contributed by atoms with van der Waals surface area (Å²) in [5, 5.41) is 10.3. The number of carbonyl (C=O) groups is 1. The van der Waals surface area contributed by atoms with Gasteiger partial charge in [0.2, 0.25) is 0 Å². The van der Waals surface area contributed by atoms with Crippen molar-refractivity contribution in [3.05, 3.63) is 58.8 Å². The number of hydrogen-bond acceptors (Lipinski definition) is 5. The number of halogens is 1. The fourth-order valence-corrected chi connectivity index (χ4v) is 4.86. The van der Waals surface area contributed by atoms with E-state index in [0.717, 1.165) is 31.2 Å². The normalized spacial score (nSPS) is 20.3. The van der Waals surface area contributed by atoms with Crippen LogP contribution in [0.2, 0.25) is 0 Å². The van der Waals surface area contributed by atoms with Gasteiger partial charge >= 0.3 is 0 Å². The van der Waals surface area contributed by atoms with Crippen molar-refractivity contribution in [1.82, 2.24) is 4.90 Å². The SMILES string of the molecule is COc1cc(/C=C2\SC(=Nc3ccccc3F)N(C3CCCCC3)C2=O)ccc1O. The van der Waals surface area contributed by atoms with Crippen LogP contribution in [0.3, 0.4) is 0 Å². The van der Waals surface area contributed by atoms with Gasteiger partial charge in [0.05, 0.1) is 12.0 Å². The van der Waals surface area contributed by atoms with Gasteiger partial charge in [0.1, 0.15) is 11.5 Å². The number of nitrogens with zero attached hydrogens (tertiary/aromatic N) is 2. The number of rotatable bonds is 4. The monoisotopic (exact) mass is 426 g/mol. The van der Waals surface area contributed by atoms with Crippen molar-refractivity contribution in [2.75, 3.05) is 7.11 Å². The van der Waals surface area contributed by atoms with Gasteiger partial charge < -0.3 is 9.84 Å². The Balaban J connectivity index is 1.72. The number of phenols is 1. The predicted octanol–water partition coefficient (Wildman–Crippen LogP) is 5.48. The number of amidine groups is 1. The van der Waals surface area contributed by atoms with E-state index in [4.69, 9.17) is 4.74 Å². The minimum absolute atomic E-state index is 0.0377. The van der Waals surface area contributed by atoms with Crippen molar-refractivity contribution in [1.29, 1.82) is 0 Å². The molecule has 1 aliphatic carbocycles. The highest BCUT2D eigenvalue weighted by Crippen LogP contribution is 2.39. The maximum absolute atomic E-state index is 14.2. The van der Waals surface area contributed by atoms with E-state index in [-0.39, 0.29) is 23.4 Å². The third kappa shape index (κ3) is 4.21. The Bertz CT molecular complexity index is 1020.